The molecule has 0 radical (unpaired) electrons. The summed E-state index contributed by atoms with van der Waals surface area (Å²) in [6.07, 6.45) is 21.9. The van der Waals surface area contributed by atoms with Gasteiger partial charge in [-0.2, -0.15) is 0 Å². The van der Waals surface area contributed by atoms with E-state index in [-0.39, 0.29) is 40.6 Å². The van der Waals surface area contributed by atoms with Crippen LogP contribution < -0.4 is 0 Å². The Morgan fingerprint density at radius 1 is 0.961 bits per heavy atom. The molecule has 2 bridgehead atoms. The molecule has 51 heavy (non-hydrogen) atoms. The largest absolute Gasteiger partial charge is 0.456 e. The Hall–Kier alpha value is -1.86. The first-order valence-electron chi connectivity index (χ1n) is 19.1. The van der Waals surface area contributed by atoms with Gasteiger partial charge in [-0.05, 0) is 81.7 Å². The lowest BCUT2D eigenvalue weighted by atomic mass is 9.98. The van der Waals surface area contributed by atoms with E-state index in [0.717, 1.165) is 37.7 Å². The van der Waals surface area contributed by atoms with Crippen molar-refractivity contribution >= 4 is 22.6 Å². The SMILES string of the molecule is C=C1CCCC2OC(C=CC2OC)C/C=C\C(=O)OC(C(/C=C/C2CC(C)=CCO2)O[Si](C)(C)C(C)(C)C)C/C=C\C(O[Si](C)(C)C(C)(C)C)C1. The van der Waals surface area contributed by atoms with Crippen LogP contribution >= 0.6 is 0 Å². The molecule has 0 aliphatic carbocycles. The minimum absolute atomic E-state index is 0.0370. The van der Waals surface area contributed by atoms with Gasteiger partial charge in [0.15, 0.2) is 16.6 Å². The van der Waals surface area contributed by atoms with Gasteiger partial charge in [-0.25, -0.2) is 4.79 Å². The molecule has 0 aromatic heterocycles. The van der Waals surface area contributed by atoms with Gasteiger partial charge in [0.2, 0.25) is 0 Å². The molecule has 0 aromatic carbocycles. The van der Waals surface area contributed by atoms with E-state index in [4.69, 9.17) is 27.8 Å². The second-order valence-corrected chi connectivity index (χ2v) is 27.2. The fourth-order valence-corrected chi connectivity index (χ4v) is 8.47. The lowest BCUT2D eigenvalue weighted by Gasteiger charge is -2.40. The van der Waals surface area contributed by atoms with E-state index in [1.165, 1.54) is 11.6 Å². The quantitative estimate of drug-likeness (QED) is 0.139. The van der Waals surface area contributed by atoms with Crippen molar-refractivity contribution in [3.8, 4) is 0 Å². The summed E-state index contributed by atoms with van der Waals surface area (Å²) < 4.78 is 38.6. The molecular formula is C42H70O7Si2. The number of carbonyl (C=O) groups is 1. The Bertz CT molecular complexity index is 1300. The maximum atomic E-state index is 13.5. The predicted molar refractivity (Wildman–Crippen MR) is 215 cm³/mol. The van der Waals surface area contributed by atoms with Gasteiger partial charge in [0.25, 0.3) is 0 Å². The molecule has 0 N–H and O–H groups in total. The smallest absolute Gasteiger partial charge is 0.330 e. The number of hydrogen-bond acceptors (Lipinski definition) is 7. The maximum Gasteiger partial charge on any atom is 0.330 e. The summed E-state index contributed by atoms with van der Waals surface area (Å²) in [6, 6.07) is 0. The average molecular weight is 743 g/mol. The van der Waals surface area contributed by atoms with Crippen LogP contribution in [0.15, 0.2) is 72.4 Å². The zero-order chi connectivity index (χ0) is 38.0. The highest BCUT2D eigenvalue weighted by Gasteiger charge is 2.41. The van der Waals surface area contributed by atoms with Crippen molar-refractivity contribution < 1.29 is 32.6 Å². The third-order valence-electron chi connectivity index (χ3n) is 11.3. The fourth-order valence-electron chi connectivity index (χ4n) is 5.93. The molecule has 9 heteroatoms. The van der Waals surface area contributed by atoms with Crippen molar-refractivity contribution in [2.75, 3.05) is 13.7 Å². The van der Waals surface area contributed by atoms with Crippen LogP contribution in [0.3, 0.4) is 0 Å². The summed E-state index contributed by atoms with van der Waals surface area (Å²) >= 11 is 0. The lowest BCUT2D eigenvalue weighted by Crippen LogP contribution is -2.47. The molecule has 0 amide bonds. The fraction of sp³-hybridized carbons (Fsp3) is 0.690. The van der Waals surface area contributed by atoms with Crippen molar-refractivity contribution in [3.05, 3.63) is 72.4 Å². The standard InChI is InChI=1S/C42H70O7Si2/c1-31-17-14-20-37-36(44-9)25-23-33(46-37)18-16-22-40(43)47-38(21-15-19-35(30-31)48-50(10,11)41(3,4)5)39(49-51(12,13)42(6,7)8)26-24-34-29-32(2)27-28-45-34/h15-16,19,22-27,33-39H,1,14,17-18,20-21,28-30H2,2-13H3/b19-15-,22-16-,26-24+. The Morgan fingerprint density at radius 3 is 2.31 bits per heavy atom. The van der Waals surface area contributed by atoms with E-state index < -0.39 is 34.8 Å². The van der Waals surface area contributed by atoms with E-state index in [1.807, 2.05) is 12.2 Å². The van der Waals surface area contributed by atoms with Crippen molar-refractivity contribution in [3.63, 3.8) is 0 Å². The van der Waals surface area contributed by atoms with Crippen LogP contribution in [0.1, 0.15) is 93.4 Å². The molecule has 3 rings (SSSR count). The Labute approximate surface area is 312 Å². The summed E-state index contributed by atoms with van der Waals surface area (Å²) in [5, 5.41) is 0.0163. The number of fused-ring (bicyclic) bond motifs is 2. The number of methoxy groups -OCH3 is 1. The number of carbonyl (C=O) groups excluding carboxylic acids is 1. The minimum Gasteiger partial charge on any atom is -0.456 e. The monoisotopic (exact) mass is 742 g/mol. The first-order chi connectivity index (χ1) is 23.7. The third kappa shape index (κ3) is 13.8. The highest BCUT2D eigenvalue weighted by Crippen LogP contribution is 2.40. The normalized spacial score (nSPS) is 30.2. The van der Waals surface area contributed by atoms with Gasteiger partial charge in [0.1, 0.15) is 18.3 Å². The number of ether oxygens (including phenoxy) is 4. The van der Waals surface area contributed by atoms with Crippen LogP contribution in [0.5, 0.6) is 0 Å². The van der Waals surface area contributed by atoms with Gasteiger partial charge in [0.05, 0.1) is 31.0 Å². The third-order valence-corrected chi connectivity index (χ3v) is 20.2. The lowest BCUT2D eigenvalue weighted by molar-refractivity contribution is -0.146. The molecule has 3 heterocycles. The van der Waals surface area contributed by atoms with Crippen LogP contribution in [-0.4, -0.2) is 79.0 Å². The van der Waals surface area contributed by atoms with E-state index in [1.54, 1.807) is 7.11 Å². The highest BCUT2D eigenvalue weighted by atomic mass is 28.4. The number of esters is 1. The first kappa shape index (κ1) is 43.5. The van der Waals surface area contributed by atoms with Gasteiger partial charge < -0.3 is 27.8 Å². The van der Waals surface area contributed by atoms with Gasteiger partial charge in [-0.1, -0.05) is 108 Å². The molecular weight excluding hydrogens is 673 g/mol. The Balaban J connectivity index is 2.02. The molecule has 3 aliphatic heterocycles. The van der Waals surface area contributed by atoms with Gasteiger partial charge in [0, 0.05) is 19.6 Å². The predicted octanol–water partition coefficient (Wildman–Crippen LogP) is 10.3. The Morgan fingerprint density at radius 2 is 1.67 bits per heavy atom. The average Bonchev–Trinajstić information content (AvgIpc) is 3.01. The first-order valence-corrected chi connectivity index (χ1v) is 24.9. The molecule has 7 unspecified atom stereocenters. The summed E-state index contributed by atoms with van der Waals surface area (Å²) in [7, 11) is -2.67. The van der Waals surface area contributed by atoms with E-state index >= 15 is 0 Å². The van der Waals surface area contributed by atoms with Crippen LogP contribution in [-0.2, 0) is 32.6 Å². The molecule has 0 spiro atoms. The molecule has 0 aromatic rings. The maximum absolute atomic E-state index is 13.5. The second-order valence-electron chi connectivity index (χ2n) is 17.7. The topological polar surface area (TPSA) is 72.5 Å². The molecule has 0 saturated carbocycles. The molecule has 7 atom stereocenters. The van der Waals surface area contributed by atoms with Crippen LogP contribution in [0.2, 0.25) is 36.3 Å². The zero-order valence-electron chi connectivity index (χ0n) is 34.0. The van der Waals surface area contributed by atoms with Crippen LogP contribution in [0.25, 0.3) is 0 Å². The zero-order valence-corrected chi connectivity index (χ0v) is 36.0. The van der Waals surface area contributed by atoms with Crippen LogP contribution in [0.4, 0.5) is 0 Å². The molecule has 0 fully saturated rings. The van der Waals surface area contributed by atoms with E-state index in [9.17, 15) is 4.79 Å². The molecule has 288 valence electrons. The molecule has 3 aliphatic rings. The molecule has 0 saturated heterocycles. The highest BCUT2D eigenvalue weighted by molar-refractivity contribution is 6.74. The number of cyclic esters (lactones) is 1. The van der Waals surface area contributed by atoms with Gasteiger partial charge >= 0.3 is 5.97 Å². The van der Waals surface area contributed by atoms with Crippen molar-refractivity contribution in [2.45, 2.75) is 172 Å². The molecule has 7 nitrogen and oxygen atoms in total. The van der Waals surface area contributed by atoms with E-state index in [0.29, 0.717) is 19.4 Å². The summed E-state index contributed by atoms with van der Waals surface area (Å²) in [6.45, 7) is 29.8. The van der Waals surface area contributed by atoms with Crippen molar-refractivity contribution in [1.29, 1.82) is 0 Å². The van der Waals surface area contributed by atoms with E-state index in [2.05, 4.69) is 118 Å². The second kappa shape index (κ2) is 18.9. The van der Waals surface area contributed by atoms with Crippen molar-refractivity contribution in [2.24, 2.45) is 0 Å². The van der Waals surface area contributed by atoms with Gasteiger partial charge in [-0.15, -0.1) is 0 Å². The van der Waals surface area contributed by atoms with Crippen molar-refractivity contribution in [1.82, 2.24) is 0 Å². The minimum atomic E-state index is -2.28. The summed E-state index contributed by atoms with van der Waals surface area (Å²) in [4.78, 5) is 13.5. The number of hydrogen-bond donors (Lipinski definition) is 0. The Kier molecular flexibility index (Phi) is 16.2. The summed E-state index contributed by atoms with van der Waals surface area (Å²) in [5.74, 6) is -0.395. The van der Waals surface area contributed by atoms with Gasteiger partial charge in [-0.3, -0.25) is 0 Å². The number of rotatable bonds is 8. The van der Waals surface area contributed by atoms with Crippen LogP contribution in [0, 0.1) is 0 Å². The summed E-state index contributed by atoms with van der Waals surface area (Å²) in [5.41, 5.74) is 2.47.